The van der Waals surface area contributed by atoms with Gasteiger partial charge in [-0.05, 0) is 6.42 Å². The van der Waals surface area contributed by atoms with Crippen LogP contribution in [0.15, 0.2) is 12.1 Å². The Morgan fingerprint density at radius 2 is 1.75 bits per heavy atom. The molecular formula is C15H18N2O7. The van der Waals surface area contributed by atoms with E-state index in [-0.39, 0.29) is 18.5 Å². The van der Waals surface area contributed by atoms with Crippen LogP contribution in [0.2, 0.25) is 0 Å². The van der Waals surface area contributed by atoms with Crippen molar-refractivity contribution >= 4 is 23.6 Å². The van der Waals surface area contributed by atoms with Gasteiger partial charge in [0.1, 0.15) is 6.04 Å². The molecule has 1 aromatic rings. The Hall–Kier alpha value is -2.97. The summed E-state index contributed by atoms with van der Waals surface area (Å²) in [5, 5.41) is 11.2. The molecule has 0 aliphatic carbocycles. The van der Waals surface area contributed by atoms with Gasteiger partial charge in [-0.15, -0.1) is 0 Å². The Morgan fingerprint density at radius 3 is 2.21 bits per heavy atom. The zero-order valence-corrected chi connectivity index (χ0v) is 13.5. The molecule has 1 aromatic carbocycles. The largest absolute Gasteiger partial charge is 0.493 e. The number of ether oxygens (including phenoxy) is 3. The molecular weight excluding hydrogens is 320 g/mol. The van der Waals surface area contributed by atoms with Gasteiger partial charge in [-0.1, -0.05) is 0 Å². The highest BCUT2D eigenvalue weighted by Gasteiger charge is 2.39. The molecule has 0 spiro atoms. The average molecular weight is 338 g/mol. The van der Waals surface area contributed by atoms with Crippen molar-refractivity contribution in [2.24, 2.45) is 0 Å². The van der Waals surface area contributed by atoms with Gasteiger partial charge in [-0.3, -0.25) is 9.59 Å². The summed E-state index contributed by atoms with van der Waals surface area (Å²) >= 11 is 0. The van der Waals surface area contributed by atoms with Crippen molar-refractivity contribution in [3.63, 3.8) is 0 Å². The maximum absolute atomic E-state index is 12.4. The summed E-state index contributed by atoms with van der Waals surface area (Å²) in [6, 6.07) is 1.42. The van der Waals surface area contributed by atoms with Crippen molar-refractivity contribution < 1.29 is 33.7 Å². The van der Waals surface area contributed by atoms with Crippen LogP contribution in [0.5, 0.6) is 17.2 Å². The van der Waals surface area contributed by atoms with Crippen molar-refractivity contribution in [3.05, 3.63) is 12.1 Å². The van der Waals surface area contributed by atoms with Crippen LogP contribution in [0.4, 0.5) is 10.5 Å². The molecule has 9 nitrogen and oxygen atoms in total. The molecule has 2 rings (SSSR count). The van der Waals surface area contributed by atoms with Gasteiger partial charge in [0.15, 0.2) is 11.5 Å². The fourth-order valence-electron chi connectivity index (χ4n) is 2.44. The summed E-state index contributed by atoms with van der Waals surface area (Å²) in [5.41, 5.74) is 0.241. The highest BCUT2D eigenvalue weighted by molar-refractivity contribution is 6.21. The molecule has 3 amide bonds. The molecule has 1 aliphatic heterocycles. The number of hydrogen-bond donors (Lipinski definition) is 2. The van der Waals surface area contributed by atoms with Crippen LogP contribution in [0.1, 0.15) is 12.8 Å². The van der Waals surface area contributed by atoms with Crippen LogP contribution in [-0.2, 0) is 9.59 Å². The molecule has 2 N–H and O–H groups in total. The number of carboxylic acid groups (broad SMARTS) is 1. The molecule has 0 radical (unpaired) electrons. The monoisotopic (exact) mass is 338 g/mol. The number of urea groups is 1. The number of hydrogen-bond acceptors (Lipinski definition) is 6. The number of nitrogens with zero attached hydrogens (tertiary/aromatic N) is 1. The van der Waals surface area contributed by atoms with Crippen LogP contribution in [0.3, 0.4) is 0 Å². The summed E-state index contributed by atoms with van der Waals surface area (Å²) in [4.78, 5) is 36.1. The SMILES string of the molecule is COc1cc(N2C(=O)N[C@@H](CCC(=O)O)C2=O)cc(OC)c1OC. The number of carbonyl (C=O) groups is 3. The third-order valence-electron chi connectivity index (χ3n) is 3.57. The Morgan fingerprint density at radius 1 is 1.17 bits per heavy atom. The van der Waals surface area contributed by atoms with E-state index in [9.17, 15) is 14.4 Å². The van der Waals surface area contributed by atoms with Crippen LogP contribution < -0.4 is 24.4 Å². The van der Waals surface area contributed by atoms with Gasteiger partial charge in [-0.25, -0.2) is 9.69 Å². The number of amides is 3. The summed E-state index contributed by atoms with van der Waals surface area (Å²) in [7, 11) is 4.28. The molecule has 0 unspecified atom stereocenters. The van der Waals surface area contributed by atoms with Gasteiger partial charge < -0.3 is 24.6 Å². The molecule has 1 saturated heterocycles. The van der Waals surface area contributed by atoms with Crippen molar-refractivity contribution in [2.75, 3.05) is 26.2 Å². The van der Waals surface area contributed by atoms with Gasteiger partial charge in [0.05, 0.1) is 27.0 Å². The van der Waals surface area contributed by atoms with E-state index in [1.165, 1.54) is 33.5 Å². The molecule has 1 aliphatic rings. The fourth-order valence-corrected chi connectivity index (χ4v) is 2.44. The maximum atomic E-state index is 12.4. The van der Waals surface area contributed by atoms with Crippen LogP contribution in [-0.4, -0.2) is 50.4 Å². The number of anilines is 1. The van der Waals surface area contributed by atoms with Gasteiger partial charge in [0.25, 0.3) is 5.91 Å². The predicted molar refractivity (Wildman–Crippen MR) is 82.8 cm³/mol. The second-order valence-corrected chi connectivity index (χ2v) is 4.99. The normalized spacial score (nSPS) is 16.8. The van der Waals surface area contributed by atoms with E-state index in [1.54, 1.807) is 0 Å². The second kappa shape index (κ2) is 7.07. The average Bonchev–Trinajstić information content (AvgIpc) is 2.85. The van der Waals surface area contributed by atoms with E-state index in [2.05, 4.69) is 5.32 Å². The molecule has 0 aromatic heterocycles. The second-order valence-electron chi connectivity index (χ2n) is 4.99. The molecule has 1 fully saturated rings. The first-order valence-electron chi connectivity index (χ1n) is 7.09. The van der Waals surface area contributed by atoms with Crippen LogP contribution >= 0.6 is 0 Å². The number of carboxylic acids is 1. The number of rotatable bonds is 7. The van der Waals surface area contributed by atoms with Gasteiger partial charge >= 0.3 is 12.0 Å². The first-order valence-corrected chi connectivity index (χ1v) is 7.09. The Balaban J connectivity index is 2.35. The highest BCUT2D eigenvalue weighted by atomic mass is 16.5. The molecule has 0 bridgehead atoms. The predicted octanol–water partition coefficient (Wildman–Crippen LogP) is 1.00. The first-order chi connectivity index (χ1) is 11.4. The number of imide groups is 1. The number of aliphatic carboxylic acids is 1. The molecule has 9 heteroatoms. The standard InChI is InChI=1S/C15H18N2O7/c1-22-10-6-8(7-11(23-2)13(10)24-3)17-14(20)9(16-15(17)21)4-5-12(18)19/h6-7,9H,4-5H2,1-3H3,(H,16,21)(H,18,19)/t9-/m0/s1. The summed E-state index contributed by atoms with van der Waals surface area (Å²) in [6.45, 7) is 0. The lowest BCUT2D eigenvalue weighted by atomic mass is 10.1. The van der Waals surface area contributed by atoms with E-state index in [4.69, 9.17) is 19.3 Å². The maximum Gasteiger partial charge on any atom is 0.329 e. The lowest BCUT2D eigenvalue weighted by molar-refractivity contribution is -0.137. The van der Waals surface area contributed by atoms with Gasteiger partial charge in [0, 0.05) is 18.6 Å². The highest BCUT2D eigenvalue weighted by Crippen LogP contribution is 2.41. The third kappa shape index (κ3) is 3.19. The Kier molecular flexibility index (Phi) is 5.12. The van der Waals surface area contributed by atoms with Crippen molar-refractivity contribution in [2.45, 2.75) is 18.9 Å². The molecule has 1 heterocycles. The van der Waals surface area contributed by atoms with Gasteiger partial charge in [-0.2, -0.15) is 0 Å². The number of carbonyl (C=O) groups excluding carboxylic acids is 2. The molecule has 0 saturated carbocycles. The lowest BCUT2D eigenvalue weighted by Gasteiger charge is -2.18. The molecule has 24 heavy (non-hydrogen) atoms. The zero-order chi connectivity index (χ0) is 17.9. The van der Waals surface area contributed by atoms with E-state index < -0.39 is 23.9 Å². The quantitative estimate of drug-likeness (QED) is 0.713. The van der Waals surface area contributed by atoms with E-state index >= 15 is 0 Å². The Labute approximate surface area is 138 Å². The number of benzene rings is 1. The van der Waals surface area contributed by atoms with Crippen molar-refractivity contribution in [1.29, 1.82) is 0 Å². The Bertz CT molecular complexity index is 649. The van der Waals surface area contributed by atoms with E-state index in [1.807, 2.05) is 0 Å². The van der Waals surface area contributed by atoms with E-state index in [0.29, 0.717) is 17.2 Å². The number of methoxy groups -OCH3 is 3. The number of nitrogens with one attached hydrogen (secondary N) is 1. The fraction of sp³-hybridized carbons (Fsp3) is 0.400. The lowest BCUT2D eigenvalue weighted by Crippen LogP contribution is -2.31. The summed E-state index contributed by atoms with van der Waals surface area (Å²) in [5.74, 6) is -0.653. The topological polar surface area (TPSA) is 114 Å². The minimum atomic E-state index is -1.04. The van der Waals surface area contributed by atoms with Crippen LogP contribution in [0, 0.1) is 0 Å². The minimum absolute atomic E-state index is 0.0147. The smallest absolute Gasteiger partial charge is 0.329 e. The summed E-state index contributed by atoms with van der Waals surface area (Å²) < 4.78 is 15.6. The van der Waals surface area contributed by atoms with Crippen molar-refractivity contribution in [1.82, 2.24) is 5.32 Å². The first kappa shape index (κ1) is 17.4. The summed E-state index contributed by atoms with van der Waals surface area (Å²) in [6.07, 6.45) is -0.208. The van der Waals surface area contributed by atoms with E-state index in [0.717, 1.165) is 4.90 Å². The van der Waals surface area contributed by atoms with Crippen LogP contribution in [0.25, 0.3) is 0 Å². The minimum Gasteiger partial charge on any atom is -0.493 e. The zero-order valence-electron chi connectivity index (χ0n) is 13.5. The third-order valence-corrected chi connectivity index (χ3v) is 3.57. The molecule has 130 valence electrons. The van der Waals surface area contributed by atoms with Crippen molar-refractivity contribution in [3.8, 4) is 17.2 Å². The molecule has 1 atom stereocenters. The van der Waals surface area contributed by atoms with Gasteiger partial charge in [0.2, 0.25) is 5.75 Å².